The van der Waals surface area contributed by atoms with Crippen LogP contribution in [-0.2, 0) is 10.0 Å². The second kappa shape index (κ2) is 5.97. The summed E-state index contributed by atoms with van der Waals surface area (Å²) in [4.78, 5) is 2.44. The van der Waals surface area contributed by atoms with E-state index in [1.54, 1.807) is 0 Å². The van der Waals surface area contributed by atoms with Gasteiger partial charge in [-0.25, -0.2) is 8.42 Å². The first-order chi connectivity index (χ1) is 9.35. The van der Waals surface area contributed by atoms with Crippen LogP contribution in [0.2, 0.25) is 0 Å². The monoisotopic (exact) mass is 294 g/mol. The molecule has 0 saturated carbocycles. The van der Waals surface area contributed by atoms with Gasteiger partial charge in [-0.1, -0.05) is 18.2 Å². The van der Waals surface area contributed by atoms with E-state index in [1.165, 1.54) is 5.57 Å². The molecule has 0 radical (unpaired) electrons. The number of benzene rings is 1. The van der Waals surface area contributed by atoms with Crippen molar-refractivity contribution in [3.8, 4) is 0 Å². The lowest BCUT2D eigenvalue weighted by Gasteiger charge is -2.30. The minimum Gasteiger partial charge on any atom is -0.296 e. The van der Waals surface area contributed by atoms with Crippen LogP contribution in [-0.4, -0.2) is 38.7 Å². The zero-order valence-electron chi connectivity index (χ0n) is 12.3. The van der Waals surface area contributed by atoms with Crippen molar-refractivity contribution in [3.05, 3.63) is 35.9 Å². The van der Waals surface area contributed by atoms with Gasteiger partial charge in [-0.3, -0.25) is 9.62 Å². The van der Waals surface area contributed by atoms with Gasteiger partial charge in [0.1, 0.15) is 0 Å². The molecule has 0 spiro atoms. The van der Waals surface area contributed by atoms with Crippen molar-refractivity contribution in [3.63, 3.8) is 0 Å². The Bertz CT molecular complexity index is 589. The lowest BCUT2D eigenvalue weighted by atomic mass is 10.00. The number of hydrogen-bond acceptors (Lipinski definition) is 3. The molecule has 0 aliphatic carbocycles. The van der Waals surface area contributed by atoms with Crippen LogP contribution in [0, 0.1) is 0 Å². The first-order valence-corrected chi connectivity index (χ1v) is 8.75. The van der Waals surface area contributed by atoms with Crippen LogP contribution in [0.5, 0.6) is 0 Å². The van der Waals surface area contributed by atoms with Gasteiger partial charge in [0.05, 0.1) is 6.26 Å². The maximum absolute atomic E-state index is 11.2. The molecule has 2 rings (SSSR count). The molecular formula is C15H22N2O2S. The van der Waals surface area contributed by atoms with Crippen molar-refractivity contribution in [1.29, 1.82) is 0 Å². The van der Waals surface area contributed by atoms with Crippen LogP contribution in [0.3, 0.4) is 0 Å². The molecule has 110 valence electrons. The Hall–Kier alpha value is -1.33. The van der Waals surface area contributed by atoms with Crippen LogP contribution in [0.15, 0.2) is 30.3 Å². The van der Waals surface area contributed by atoms with Gasteiger partial charge in [0.25, 0.3) is 0 Å². The summed E-state index contributed by atoms with van der Waals surface area (Å²) in [5, 5.41) is 0. The highest BCUT2D eigenvalue weighted by Gasteiger charge is 2.16. The van der Waals surface area contributed by atoms with Gasteiger partial charge in [-0.15, -0.1) is 0 Å². The third-order valence-corrected chi connectivity index (χ3v) is 4.08. The van der Waals surface area contributed by atoms with Crippen molar-refractivity contribution in [2.24, 2.45) is 0 Å². The second-order valence-corrected chi connectivity index (χ2v) is 7.28. The zero-order chi connectivity index (χ0) is 14.8. The Kier molecular flexibility index (Phi) is 4.50. The van der Waals surface area contributed by atoms with Crippen molar-refractivity contribution >= 4 is 21.3 Å². The van der Waals surface area contributed by atoms with Gasteiger partial charge in [0.2, 0.25) is 10.0 Å². The van der Waals surface area contributed by atoms with E-state index in [-0.39, 0.29) is 0 Å². The van der Waals surface area contributed by atoms with Crippen molar-refractivity contribution < 1.29 is 8.42 Å². The Labute approximate surface area is 121 Å². The SMILES string of the molecule is CC(C)N1CCC=C(c2ccc(NS(C)(=O)=O)cc2)C1. The molecule has 4 nitrogen and oxygen atoms in total. The number of hydrogen-bond donors (Lipinski definition) is 1. The molecule has 1 N–H and O–H groups in total. The summed E-state index contributed by atoms with van der Waals surface area (Å²) in [5.41, 5.74) is 3.08. The largest absolute Gasteiger partial charge is 0.296 e. The second-order valence-electron chi connectivity index (χ2n) is 5.53. The Morgan fingerprint density at radius 2 is 1.85 bits per heavy atom. The summed E-state index contributed by atoms with van der Waals surface area (Å²) in [6.45, 7) is 6.48. The molecule has 0 atom stereocenters. The number of sulfonamides is 1. The van der Waals surface area contributed by atoms with Crippen LogP contribution in [0.1, 0.15) is 25.8 Å². The molecular weight excluding hydrogens is 272 g/mol. The highest BCUT2D eigenvalue weighted by atomic mass is 32.2. The summed E-state index contributed by atoms with van der Waals surface area (Å²) >= 11 is 0. The third-order valence-electron chi connectivity index (χ3n) is 3.47. The van der Waals surface area contributed by atoms with E-state index in [1.807, 2.05) is 24.3 Å². The van der Waals surface area contributed by atoms with Gasteiger partial charge in [0, 0.05) is 24.8 Å². The molecule has 20 heavy (non-hydrogen) atoms. The maximum atomic E-state index is 11.2. The summed E-state index contributed by atoms with van der Waals surface area (Å²) in [6, 6.07) is 8.12. The molecule has 1 aliphatic heterocycles. The zero-order valence-corrected chi connectivity index (χ0v) is 13.1. The fourth-order valence-electron chi connectivity index (χ4n) is 2.38. The van der Waals surface area contributed by atoms with Crippen LogP contribution < -0.4 is 4.72 Å². The smallest absolute Gasteiger partial charge is 0.229 e. The molecule has 0 fully saturated rings. The highest BCUT2D eigenvalue weighted by Crippen LogP contribution is 2.23. The number of nitrogens with zero attached hydrogens (tertiary/aromatic N) is 1. The molecule has 0 bridgehead atoms. The summed E-state index contributed by atoms with van der Waals surface area (Å²) in [7, 11) is -3.21. The summed E-state index contributed by atoms with van der Waals surface area (Å²) in [5.74, 6) is 0. The molecule has 0 unspecified atom stereocenters. The molecule has 0 amide bonds. The fourth-order valence-corrected chi connectivity index (χ4v) is 2.95. The Balaban J connectivity index is 2.12. The maximum Gasteiger partial charge on any atom is 0.229 e. The standard InChI is InChI=1S/C15H22N2O2S/c1-12(2)17-10-4-5-14(11-17)13-6-8-15(9-7-13)16-20(3,18)19/h5-9,12,16H,4,10-11H2,1-3H3. The Morgan fingerprint density at radius 1 is 1.20 bits per heavy atom. The molecule has 1 aromatic rings. The minimum absolute atomic E-state index is 0.546. The average Bonchev–Trinajstić information content (AvgIpc) is 2.38. The summed E-state index contributed by atoms with van der Waals surface area (Å²) < 4.78 is 24.8. The first kappa shape index (κ1) is 15.1. The van der Waals surface area contributed by atoms with E-state index in [9.17, 15) is 8.42 Å². The van der Waals surface area contributed by atoms with Gasteiger partial charge >= 0.3 is 0 Å². The summed E-state index contributed by atoms with van der Waals surface area (Å²) in [6.07, 6.45) is 4.50. The van der Waals surface area contributed by atoms with Gasteiger partial charge < -0.3 is 0 Å². The van der Waals surface area contributed by atoms with E-state index in [0.717, 1.165) is 31.3 Å². The number of anilines is 1. The van der Waals surface area contributed by atoms with E-state index in [0.29, 0.717) is 11.7 Å². The molecule has 1 heterocycles. The van der Waals surface area contributed by atoms with Crippen molar-refractivity contribution in [2.45, 2.75) is 26.3 Å². The lowest BCUT2D eigenvalue weighted by Crippen LogP contribution is -2.35. The van der Waals surface area contributed by atoms with E-state index >= 15 is 0 Å². The van der Waals surface area contributed by atoms with E-state index in [2.05, 4.69) is 29.5 Å². The normalized spacial score (nSPS) is 17.1. The van der Waals surface area contributed by atoms with Crippen LogP contribution in [0.4, 0.5) is 5.69 Å². The van der Waals surface area contributed by atoms with Gasteiger partial charge in [-0.05, 0) is 43.5 Å². The van der Waals surface area contributed by atoms with Crippen molar-refractivity contribution in [2.75, 3.05) is 24.1 Å². The van der Waals surface area contributed by atoms with Gasteiger partial charge in [-0.2, -0.15) is 0 Å². The predicted octanol–water partition coefficient (Wildman–Crippen LogP) is 2.56. The molecule has 1 aromatic carbocycles. The topological polar surface area (TPSA) is 49.4 Å². The fraction of sp³-hybridized carbons (Fsp3) is 0.467. The highest BCUT2D eigenvalue weighted by molar-refractivity contribution is 7.92. The van der Waals surface area contributed by atoms with Crippen LogP contribution >= 0.6 is 0 Å². The van der Waals surface area contributed by atoms with Crippen LogP contribution in [0.25, 0.3) is 5.57 Å². The van der Waals surface area contributed by atoms with Crippen molar-refractivity contribution in [1.82, 2.24) is 4.90 Å². The molecule has 1 aliphatic rings. The van der Waals surface area contributed by atoms with Gasteiger partial charge in [0.15, 0.2) is 0 Å². The first-order valence-electron chi connectivity index (χ1n) is 6.86. The van der Waals surface area contributed by atoms with E-state index in [4.69, 9.17) is 0 Å². The quantitative estimate of drug-likeness (QED) is 0.928. The average molecular weight is 294 g/mol. The lowest BCUT2D eigenvalue weighted by molar-refractivity contribution is 0.248. The molecule has 0 saturated heterocycles. The third kappa shape index (κ3) is 4.08. The minimum atomic E-state index is -3.21. The number of nitrogens with one attached hydrogen (secondary N) is 1. The number of rotatable bonds is 4. The molecule has 5 heteroatoms. The predicted molar refractivity (Wildman–Crippen MR) is 84.2 cm³/mol. The van der Waals surface area contributed by atoms with E-state index < -0.39 is 10.0 Å². The Morgan fingerprint density at radius 3 is 2.40 bits per heavy atom. The molecule has 0 aromatic heterocycles.